The number of nitrogens with two attached hydrogens (primary N) is 2. The second-order valence-electron chi connectivity index (χ2n) is 3.22. The molecule has 0 fully saturated rings. The van der Waals surface area contributed by atoms with Crippen molar-refractivity contribution in [2.45, 2.75) is 12.5 Å². The van der Waals surface area contributed by atoms with Crippen LogP contribution in [0, 0.1) is 11.6 Å². The molecule has 0 saturated heterocycles. The quantitative estimate of drug-likeness (QED) is 0.775. The van der Waals surface area contributed by atoms with Gasteiger partial charge in [0.05, 0.1) is 12.6 Å². The molecule has 0 aromatic heterocycles. The minimum atomic E-state index is -0.830. The molecule has 1 rings (SSSR count). The molecule has 0 aliphatic carbocycles. The van der Waals surface area contributed by atoms with Crippen LogP contribution < -0.4 is 16.2 Å². The second-order valence-corrected chi connectivity index (χ2v) is 3.22. The lowest BCUT2D eigenvalue weighted by atomic mass is 10.2. The Kier molecular flexibility index (Phi) is 4.19. The minimum Gasteiger partial charge on any atom is -0.490 e. The van der Waals surface area contributed by atoms with Gasteiger partial charge in [0.25, 0.3) is 0 Å². The van der Waals surface area contributed by atoms with Crippen molar-refractivity contribution in [3.63, 3.8) is 0 Å². The van der Waals surface area contributed by atoms with E-state index in [1.807, 2.05) is 0 Å². The fraction of sp³-hybridized carbons (Fsp3) is 0.300. The van der Waals surface area contributed by atoms with Crippen LogP contribution in [0.2, 0.25) is 0 Å². The Bertz CT molecular complexity index is 385. The molecule has 1 atom stereocenters. The van der Waals surface area contributed by atoms with Crippen LogP contribution in [0.15, 0.2) is 18.2 Å². The van der Waals surface area contributed by atoms with Crippen molar-refractivity contribution in [1.82, 2.24) is 0 Å². The van der Waals surface area contributed by atoms with Crippen LogP contribution in [0.25, 0.3) is 0 Å². The molecule has 4 nitrogen and oxygen atoms in total. The number of amides is 1. The fourth-order valence-electron chi connectivity index (χ4n) is 1.03. The molecule has 1 unspecified atom stereocenters. The van der Waals surface area contributed by atoms with Crippen molar-refractivity contribution >= 4 is 5.91 Å². The van der Waals surface area contributed by atoms with E-state index in [0.29, 0.717) is 6.07 Å². The molecule has 0 heterocycles. The summed E-state index contributed by atoms with van der Waals surface area (Å²) in [4.78, 5) is 10.6. The highest BCUT2D eigenvalue weighted by atomic mass is 19.1. The molecule has 4 N–H and O–H groups in total. The Hall–Kier alpha value is -1.69. The summed E-state index contributed by atoms with van der Waals surface area (Å²) in [5.41, 5.74) is 10.3. The highest BCUT2D eigenvalue weighted by molar-refractivity contribution is 5.79. The van der Waals surface area contributed by atoms with Crippen molar-refractivity contribution in [3.05, 3.63) is 29.8 Å². The van der Waals surface area contributed by atoms with Gasteiger partial charge in [-0.2, -0.15) is 0 Å². The Balaban J connectivity index is 2.46. The van der Waals surface area contributed by atoms with Crippen molar-refractivity contribution in [2.24, 2.45) is 11.5 Å². The number of hydrogen-bond donors (Lipinski definition) is 2. The number of ether oxygens (including phenoxy) is 1. The lowest BCUT2D eigenvalue weighted by Gasteiger charge is -2.09. The summed E-state index contributed by atoms with van der Waals surface area (Å²) < 4.78 is 30.6. The summed E-state index contributed by atoms with van der Waals surface area (Å²) in [6.45, 7) is 0.0344. The number of hydrogen-bond acceptors (Lipinski definition) is 3. The first-order valence-corrected chi connectivity index (χ1v) is 4.63. The van der Waals surface area contributed by atoms with Crippen LogP contribution in [0.3, 0.4) is 0 Å². The van der Waals surface area contributed by atoms with Crippen LogP contribution in [0.5, 0.6) is 5.75 Å². The van der Waals surface area contributed by atoms with Crippen LogP contribution in [0.4, 0.5) is 8.78 Å². The highest BCUT2D eigenvalue weighted by Gasteiger charge is 2.10. The maximum Gasteiger partial charge on any atom is 0.234 e. The molecule has 0 radical (unpaired) electrons. The number of primary amides is 1. The normalized spacial score (nSPS) is 12.2. The third-order valence-electron chi connectivity index (χ3n) is 1.95. The number of benzene rings is 1. The molecule has 0 bridgehead atoms. The lowest BCUT2D eigenvalue weighted by molar-refractivity contribution is -0.119. The van der Waals surface area contributed by atoms with Crippen molar-refractivity contribution in [2.75, 3.05) is 6.61 Å². The third kappa shape index (κ3) is 3.47. The average Bonchev–Trinajstić information content (AvgIpc) is 2.20. The molecule has 1 aromatic rings. The zero-order valence-electron chi connectivity index (χ0n) is 8.45. The largest absolute Gasteiger partial charge is 0.490 e. The second kappa shape index (κ2) is 5.41. The standard InChI is InChI=1S/C10H12F2N2O2/c11-6-1-2-9(7(12)5-6)16-4-3-8(13)10(14)15/h1-2,5,8H,3-4,13H2,(H2,14,15). The van der Waals surface area contributed by atoms with Crippen LogP contribution >= 0.6 is 0 Å². The van der Waals surface area contributed by atoms with E-state index in [4.69, 9.17) is 16.2 Å². The van der Waals surface area contributed by atoms with Gasteiger partial charge in [-0.1, -0.05) is 0 Å². The maximum absolute atomic E-state index is 13.0. The molecule has 0 saturated carbocycles. The van der Waals surface area contributed by atoms with E-state index in [1.165, 1.54) is 6.07 Å². The van der Waals surface area contributed by atoms with Gasteiger partial charge in [0.15, 0.2) is 11.6 Å². The van der Waals surface area contributed by atoms with Crippen molar-refractivity contribution in [3.8, 4) is 5.75 Å². The summed E-state index contributed by atoms with van der Waals surface area (Å²) in [6.07, 6.45) is 0.173. The average molecular weight is 230 g/mol. The maximum atomic E-state index is 13.0. The van der Waals surface area contributed by atoms with Gasteiger partial charge >= 0.3 is 0 Å². The summed E-state index contributed by atoms with van der Waals surface area (Å²) in [6, 6.07) is 2.12. The van der Waals surface area contributed by atoms with Gasteiger partial charge in [-0.25, -0.2) is 8.78 Å². The number of carbonyl (C=O) groups is 1. The first-order valence-electron chi connectivity index (χ1n) is 4.63. The van der Waals surface area contributed by atoms with Gasteiger partial charge < -0.3 is 16.2 Å². The predicted molar refractivity (Wildman–Crippen MR) is 53.6 cm³/mol. The monoisotopic (exact) mass is 230 g/mol. The minimum absolute atomic E-state index is 0.0344. The van der Waals surface area contributed by atoms with Gasteiger partial charge in [0.1, 0.15) is 5.82 Å². The van der Waals surface area contributed by atoms with Crippen LogP contribution in [-0.2, 0) is 4.79 Å². The van der Waals surface area contributed by atoms with Crippen molar-refractivity contribution in [1.29, 1.82) is 0 Å². The molecule has 16 heavy (non-hydrogen) atoms. The molecule has 1 amide bonds. The Labute approximate surface area is 91.2 Å². The molecule has 88 valence electrons. The van der Waals surface area contributed by atoms with Crippen LogP contribution in [-0.4, -0.2) is 18.6 Å². The molecular weight excluding hydrogens is 218 g/mol. The Morgan fingerprint density at radius 3 is 2.69 bits per heavy atom. The summed E-state index contributed by atoms with van der Waals surface area (Å²) in [5, 5.41) is 0. The first kappa shape index (κ1) is 12.4. The van der Waals surface area contributed by atoms with Gasteiger partial charge in [0, 0.05) is 12.5 Å². The lowest BCUT2D eigenvalue weighted by Crippen LogP contribution is -2.37. The van der Waals surface area contributed by atoms with Gasteiger partial charge in [-0.05, 0) is 12.1 Å². The number of carbonyl (C=O) groups excluding carboxylic acids is 1. The van der Waals surface area contributed by atoms with E-state index < -0.39 is 23.6 Å². The number of rotatable bonds is 5. The first-order chi connectivity index (χ1) is 7.50. The molecule has 0 spiro atoms. The molecule has 1 aromatic carbocycles. The Morgan fingerprint density at radius 1 is 1.44 bits per heavy atom. The highest BCUT2D eigenvalue weighted by Crippen LogP contribution is 2.17. The Morgan fingerprint density at radius 2 is 2.12 bits per heavy atom. The molecular formula is C10H12F2N2O2. The van der Waals surface area contributed by atoms with E-state index in [9.17, 15) is 13.6 Å². The van der Waals surface area contributed by atoms with Crippen LogP contribution in [0.1, 0.15) is 6.42 Å². The third-order valence-corrected chi connectivity index (χ3v) is 1.95. The van der Waals surface area contributed by atoms with E-state index in [0.717, 1.165) is 6.07 Å². The van der Waals surface area contributed by atoms with Gasteiger partial charge in [0.2, 0.25) is 5.91 Å². The predicted octanol–water partition coefficient (Wildman–Crippen LogP) is 0.546. The zero-order chi connectivity index (χ0) is 12.1. The SMILES string of the molecule is NC(=O)C(N)CCOc1ccc(F)cc1F. The molecule has 6 heteroatoms. The smallest absolute Gasteiger partial charge is 0.234 e. The van der Waals surface area contributed by atoms with Crippen molar-refractivity contribution < 1.29 is 18.3 Å². The van der Waals surface area contributed by atoms with E-state index in [-0.39, 0.29) is 18.8 Å². The van der Waals surface area contributed by atoms with E-state index in [2.05, 4.69) is 0 Å². The van der Waals surface area contributed by atoms with Gasteiger partial charge in [-0.15, -0.1) is 0 Å². The topological polar surface area (TPSA) is 78.3 Å². The molecule has 0 aliphatic rings. The van der Waals surface area contributed by atoms with E-state index in [1.54, 1.807) is 0 Å². The van der Waals surface area contributed by atoms with E-state index >= 15 is 0 Å². The summed E-state index contributed by atoms with van der Waals surface area (Å²) >= 11 is 0. The van der Waals surface area contributed by atoms with Gasteiger partial charge in [-0.3, -0.25) is 4.79 Å². The zero-order valence-corrected chi connectivity index (χ0v) is 8.45. The fourth-order valence-corrected chi connectivity index (χ4v) is 1.03. The summed E-state index contributed by atoms with van der Waals surface area (Å²) in [7, 11) is 0. The molecule has 0 aliphatic heterocycles. The number of halogens is 2. The summed E-state index contributed by atoms with van der Waals surface area (Å²) in [5.74, 6) is -2.22.